The van der Waals surface area contributed by atoms with E-state index in [1.807, 2.05) is 0 Å². The number of hydrogen-bond acceptors (Lipinski definition) is 4. The van der Waals surface area contributed by atoms with Crippen LogP contribution in [-0.4, -0.2) is 34.6 Å². The number of nitrogens with one attached hydrogen (secondary N) is 1. The van der Waals surface area contributed by atoms with E-state index >= 15 is 0 Å². The molecule has 0 bridgehead atoms. The molecule has 92 valence electrons. The van der Waals surface area contributed by atoms with Crippen LogP contribution >= 0.6 is 0 Å². The number of rotatable bonds is 4. The standard InChI is InChI=1S/C10H17NO5/c1-6(12)7(5-8(13)14)11-9(15)16-10(2,3)4/h7H,5H2,1-4H3,(H,11,15)(H,13,14). The molecule has 1 amide bonds. The monoisotopic (exact) mass is 231 g/mol. The van der Waals surface area contributed by atoms with Gasteiger partial charge < -0.3 is 15.2 Å². The SMILES string of the molecule is CC(=O)C(CC(=O)O)NC(=O)OC(C)(C)C. The number of carbonyl (C=O) groups excluding carboxylic acids is 2. The summed E-state index contributed by atoms with van der Waals surface area (Å²) < 4.78 is 4.90. The van der Waals surface area contributed by atoms with E-state index in [1.165, 1.54) is 6.92 Å². The summed E-state index contributed by atoms with van der Waals surface area (Å²) in [4.78, 5) is 32.8. The minimum absolute atomic E-state index is 0.423. The van der Waals surface area contributed by atoms with E-state index in [2.05, 4.69) is 5.32 Å². The van der Waals surface area contributed by atoms with Crippen LogP contribution in [0.15, 0.2) is 0 Å². The minimum Gasteiger partial charge on any atom is -0.481 e. The summed E-state index contributed by atoms with van der Waals surface area (Å²) in [5, 5.41) is 10.7. The number of ketones is 1. The largest absolute Gasteiger partial charge is 0.481 e. The topological polar surface area (TPSA) is 92.7 Å². The van der Waals surface area contributed by atoms with Crippen molar-refractivity contribution in [1.29, 1.82) is 0 Å². The third kappa shape index (κ3) is 6.80. The fourth-order valence-corrected chi connectivity index (χ4v) is 0.921. The Morgan fingerprint density at radius 2 is 1.81 bits per heavy atom. The molecule has 16 heavy (non-hydrogen) atoms. The normalized spacial score (nSPS) is 12.8. The van der Waals surface area contributed by atoms with Crippen molar-refractivity contribution in [3.63, 3.8) is 0 Å². The van der Waals surface area contributed by atoms with Crippen molar-refractivity contribution >= 4 is 17.8 Å². The molecule has 0 aromatic carbocycles. The predicted molar refractivity (Wildman–Crippen MR) is 56.1 cm³/mol. The first kappa shape index (κ1) is 14.4. The third-order valence-corrected chi connectivity index (χ3v) is 1.56. The summed E-state index contributed by atoms with van der Waals surface area (Å²) in [5.41, 5.74) is -0.686. The van der Waals surface area contributed by atoms with Crippen LogP contribution in [0.5, 0.6) is 0 Å². The Kier molecular flexibility index (Phi) is 4.94. The van der Waals surface area contributed by atoms with E-state index < -0.39 is 35.9 Å². The second-order valence-corrected chi connectivity index (χ2v) is 4.41. The number of carbonyl (C=O) groups is 3. The zero-order valence-electron chi connectivity index (χ0n) is 9.86. The highest BCUT2D eigenvalue weighted by molar-refractivity contribution is 5.89. The highest BCUT2D eigenvalue weighted by Gasteiger charge is 2.23. The molecule has 0 saturated carbocycles. The molecule has 1 unspecified atom stereocenters. The van der Waals surface area contributed by atoms with Gasteiger partial charge in [0.2, 0.25) is 0 Å². The van der Waals surface area contributed by atoms with Gasteiger partial charge in [0.05, 0.1) is 6.42 Å². The highest BCUT2D eigenvalue weighted by Crippen LogP contribution is 2.07. The van der Waals surface area contributed by atoms with Crippen LogP contribution in [0.4, 0.5) is 4.79 Å². The summed E-state index contributed by atoms with van der Waals surface area (Å²) in [6.45, 7) is 6.23. The average Bonchev–Trinajstić information content (AvgIpc) is 1.97. The Labute approximate surface area is 94.0 Å². The second kappa shape index (κ2) is 5.48. The predicted octanol–water partition coefficient (Wildman–Crippen LogP) is 0.943. The van der Waals surface area contributed by atoms with Crippen molar-refractivity contribution in [2.75, 3.05) is 0 Å². The van der Waals surface area contributed by atoms with Gasteiger partial charge in [-0.15, -0.1) is 0 Å². The maximum absolute atomic E-state index is 11.3. The number of carboxylic acids is 1. The summed E-state index contributed by atoms with van der Waals surface area (Å²) in [5.74, 6) is -1.58. The maximum Gasteiger partial charge on any atom is 0.408 e. The molecule has 1 atom stereocenters. The maximum atomic E-state index is 11.3. The molecule has 0 radical (unpaired) electrons. The fourth-order valence-electron chi connectivity index (χ4n) is 0.921. The van der Waals surface area contributed by atoms with Crippen LogP contribution in [-0.2, 0) is 14.3 Å². The van der Waals surface area contributed by atoms with E-state index in [0.717, 1.165) is 0 Å². The Balaban J connectivity index is 4.35. The Morgan fingerprint density at radius 1 is 1.31 bits per heavy atom. The first-order valence-corrected chi connectivity index (χ1v) is 4.83. The minimum atomic E-state index is -1.16. The highest BCUT2D eigenvalue weighted by atomic mass is 16.6. The van der Waals surface area contributed by atoms with E-state index in [1.54, 1.807) is 20.8 Å². The van der Waals surface area contributed by atoms with Gasteiger partial charge in [0.15, 0.2) is 5.78 Å². The molecule has 0 fully saturated rings. The lowest BCUT2D eigenvalue weighted by Crippen LogP contribution is -2.43. The summed E-state index contributed by atoms with van der Waals surface area (Å²) >= 11 is 0. The number of ether oxygens (including phenoxy) is 1. The second-order valence-electron chi connectivity index (χ2n) is 4.41. The van der Waals surface area contributed by atoms with Gasteiger partial charge >= 0.3 is 12.1 Å². The number of Topliss-reactive ketones (excluding diaryl/α,β-unsaturated/α-hetero) is 1. The lowest BCUT2D eigenvalue weighted by Gasteiger charge is -2.21. The number of aliphatic carboxylic acids is 1. The Morgan fingerprint density at radius 3 is 2.12 bits per heavy atom. The average molecular weight is 231 g/mol. The molecule has 0 aliphatic carbocycles. The Bertz CT molecular complexity index is 292. The van der Waals surface area contributed by atoms with Gasteiger partial charge in [-0.25, -0.2) is 4.79 Å². The quantitative estimate of drug-likeness (QED) is 0.751. The van der Waals surface area contributed by atoms with Gasteiger partial charge in [-0.2, -0.15) is 0 Å². The molecule has 2 N–H and O–H groups in total. The van der Waals surface area contributed by atoms with Gasteiger partial charge in [-0.1, -0.05) is 0 Å². The number of carboxylic acid groups (broad SMARTS) is 1. The summed E-state index contributed by atoms with van der Waals surface area (Å²) in [6, 6.07) is -1.05. The van der Waals surface area contributed by atoms with Crippen LogP contribution < -0.4 is 5.32 Å². The summed E-state index contributed by atoms with van der Waals surface area (Å²) in [7, 11) is 0. The van der Waals surface area contributed by atoms with Crippen LogP contribution in [0.2, 0.25) is 0 Å². The zero-order valence-corrected chi connectivity index (χ0v) is 9.86. The first-order chi connectivity index (χ1) is 7.11. The molecular weight excluding hydrogens is 214 g/mol. The van der Waals surface area contributed by atoms with Gasteiger partial charge in [-0.3, -0.25) is 9.59 Å². The fraction of sp³-hybridized carbons (Fsp3) is 0.700. The lowest BCUT2D eigenvalue weighted by molar-refractivity contribution is -0.139. The first-order valence-electron chi connectivity index (χ1n) is 4.83. The third-order valence-electron chi connectivity index (χ3n) is 1.56. The molecule has 0 heterocycles. The van der Waals surface area contributed by atoms with Gasteiger partial charge in [0.25, 0.3) is 0 Å². The molecule has 0 aliphatic rings. The zero-order chi connectivity index (χ0) is 12.9. The van der Waals surface area contributed by atoms with E-state index in [-0.39, 0.29) is 0 Å². The lowest BCUT2D eigenvalue weighted by atomic mass is 10.1. The van der Waals surface area contributed by atoms with Gasteiger partial charge in [0, 0.05) is 0 Å². The van der Waals surface area contributed by atoms with E-state index in [4.69, 9.17) is 9.84 Å². The Hall–Kier alpha value is -1.59. The molecule has 0 aromatic heterocycles. The van der Waals surface area contributed by atoms with Crippen LogP contribution in [0, 0.1) is 0 Å². The van der Waals surface area contributed by atoms with Crippen LogP contribution in [0.25, 0.3) is 0 Å². The molecule has 0 spiro atoms. The molecule has 6 nitrogen and oxygen atoms in total. The van der Waals surface area contributed by atoms with Crippen molar-refractivity contribution in [3.8, 4) is 0 Å². The van der Waals surface area contributed by atoms with Crippen molar-refractivity contribution < 1.29 is 24.2 Å². The molecule has 0 saturated heterocycles. The molecular formula is C10H17NO5. The number of amides is 1. The van der Waals surface area contributed by atoms with Crippen LogP contribution in [0.1, 0.15) is 34.1 Å². The van der Waals surface area contributed by atoms with E-state index in [9.17, 15) is 14.4 Å². The molecule has 0 rings (SSSR count). The van der Waals surface area contributed by atoms with Crippen LogP contribution in [0.3, 0.4) is 0 Å². The van der Waals surface area contributed by atoms with Crippen molar-refractivity contribution in [1.82, 2.24) is 5.32 Å². The smallest absolute Gasteiger partial charge is 0.408 e. The van der Waals surface area contributed by atoms with Crippen molar-refractivity contribution in [2.24, 2.45) is 0 Å². The van der Waals surface area contributed by atoms with Gasteiger partial charge in [-0.05, 0) is 27.7 Å². The van der Waals surface area contributed by atoms with Crippen molar-refractivity contribution in [2.45, 2.75) is 45.8 Å². The van der Waals surface area contributed by atoms with E-state index in [0.29, 0.717) is 0 Å². The van der Waals surface area contributed by atoms with Gasteiger partial charge in [0.1, 0.15) is 11.6 Å². The summed E-state index contributed by atoms with van der Waals surface area (Å²) in [6.07, 6.45) is -1.25. The number of hydrogen-bond donors (Lipinski definition) is 2. The van der Waals surface area contributed by atoms with Crippen molar-refractivity contribution in [3.05, 3.63) is 0 Å². The molecule has 6 heteroatoms. The molecule has 0 aromatic rings. The molecule has 0 aliphatic heterocycles. The number of alkyl carbamates (subject to hydrolysis) is 1.